The monoisotopic (exact) mass is 420 g/mol. The Labute approximate surface area is 163 Å². The van der Waals surface area contributed by atoms with E-state index in [1.807, 2.05) is 0 Å². The van der Waals surface area contributed by atoms with Gasteiger partial charge in [0.2, 0.25) is 0 Å². The predicted octanol–water partition coefficient (Wildman–Crippen LogP) is 5.02. The van der Waals surface area contributed by atoms with Crippen LogP contribution in [0.3, 0.4) is 0 Å². The van der Waals surface area contributed by atoms with E-state index in [-0.39, 0.29) is 18.8 Å². The van der Waals surface area contributed by atoms with Crippen molar-refractivity contribution in [3.8, 4) is 0 Å². The van der Waals surface area contributed by atoms with Crippen molar-refractivity contribution in [1.82, 2.24) is 15.3 Å². The van der Waals surface area contributed by atoms with Gasteiger partial charge in [0, 0.05) is 18.9 Å². The van der Waals surface area contributed by atoms with E-state index in [2.05, 4.69) is 16.9 Å². The summed E-state index contributed by atoms with van der Waals surface area (Å²) in [4.78, 5) is 12.4. The Bertz CT molecular complexity index is 723. The smallest absolute Gasteiger partial charge is 0.335 e. The van der Waals surface area contributed by atoms with Gasteiger partial charge in [0.05, 0.1) is 12.5 Å². The van der Waals surface area contributed by atoms with Crippen molar-refractivity contribution < 1.29 is 22.4 Å². The zero-order valence-electron chi connectivity index (χ0n) is 16.0. The van der Waals surface area contributed by atoms with Gasteiger partial charge in [-0.1, -0.05) is 6.42 Å². The summed E-state index contributed by atoms with van der Waals surface area (Å²) in [5.74, 6) is -2.03. The summed E-state index contributed by atoms with van der Waals surface area (Å²) >= 11 is 0. The van der Waals surface area contributed by atoms with E-state index in [4.69, 9.17) is 0 Å². The van der Waals surface area contributed by atoms with Gasteiger partial charge in [-0.2, -0.15) is 13.5 Å². The first-order chi connectivity index (χ1) is 13.0. The quantitative estimate of drug-likeness (QED) is 0.497. The van der Waals surface area contributed by atoms with Gasteiger partial charge in [0.15, 0.2) is 0 Å². The molecule has 28 heavy (non-hydrogen) atoms. The molecule has 1 unspecified atom stereocenters. The maximum Gasteiger partial charge on any atom is 0.430 e. The zero-order valence-corrected chi connectivity index (χ0v) is 16.9. The number of rotatable bonds is 3. The van der Waals surface area contributed by atoms with Crippen LogP contribution >= 0.6 is 7.70 Å². The highest BCUT2D eigenvalue weighted by molar-refractivity contribution is 7.54. The van der Waals surface area contributed by atoms with Crippen LogP contribution in [0.1, 0.15) is 57.8 Å². The van der Waals surface area contributed by atoms with E-state index >= 15 is 8.78 Å². The molecule has 0 aromatic carbocycles. The lowest BCUT2D eigenvalue weighted by atomic mass is 9.76. The maximum atomic E-state index is 15.1. The number of halogens is 4. The molecule has 2 N–H and O–H groups in total. The van der Waals surface area contributed by atoms with Crippen LogP contribution in [-0.2, 0) is 0 Å². The fraction of sp³-hybridized carbons (Fsp3) is 0.789. The molecule has 3 aliphatic carbocycles. The van der Waals surface area contributed by atoms with Crippen LogP contribution in [-0.4, -0.2) is 41.7 Å². The fourth-order valence-corrected chi connectivity index (χ4v) is 6.22. The average molecular weight is 420 g/mol. The summed E-state index contributed by atoms with van der Waals surface area (Å²) in [7, 11) is -0.494. The standard InChI is InChI=1S/C19H26F4N3OP/c1-26-15(25-16(27)24-13-10-18(20,21)11-13)14(12-4-3-5-12)6-7-17(8-9-17)19(22,23)28(26)2/h12-13H,2-11H2,1H3,(H-,24,25,27)/p+1/b15-14+. The molecule has 1 aliphatic heterocycles. The SMILES string of the molecule is C=[P+]1N(C)/C(NC(=O)NC2CC(F)(F)C2)=C(/C2CCC2)CCC2(CC2)C1(F)F. The van der Waals surface area contributed by atoms with Gasteiger partial charge >= 0.3 is 11.7 Å². The summed E-state index contributed by atoms with van der Waals surface area (Å²) in [5.41, 5.74) is -2.82. The molecule has 0 saturated heterocycles. The minimum absolute atomic E-state index is 0.289. The van der Waals surface area contributed by atoms with Crippen molar-refractivity contribution in [3.05, 3.63) is 11.4 Å². The average Bonchev–Trinajstić information content (AvgIpc) is 3.32. The van der Waals surface area contributed by atoms with E-state index in [1.165, 1.54) is 4.67 Å². The van der Waals surface area contributed by atoms with E-state index in [1.54, 1.807) is 7.05 Å². The van der Waals surface area contributed by atoms with Gasteiger partial charge in [-0.05, 0) is 50.0 Å². The zero-order chi connectivity index (χ0) is 20.3. The summed E-state index contributed by atoms with van der Waals surface area (Å²) in [6.45, 7) is 0. The van der Waals surface area contributed by atoms with Gasteiger partial charge in [-0.25, -0.2) is 13.6 Å². The minimum Gasteiger partial charge on any atom is -0.335 e. The normalized spacial score (nSPS) is 32.8. The van der Waals surface area contributed by atoms with Crippen LogP contribution in [0, 0.1) is 11.3 Å². The Morgan fingerprint density at radius 1 is 1.18 bits per heavy atom. The molecule has 0 aromatic heterocycles. The Hall–Kier alpha value is -1.30. The Kier molecular flexibility index (Phi) is 4.72. The Balaban J connectivity index is 1.57. The van der Waals surface area contributed by atoms with Gasteiger partial charge in [-0.15, -0.1) is 0 Å². The van der Waals surface area contributed by atoms with Crippen LogP contribution < -0.4 is 10.6 Å². The number of carbonyl (C=O) groups is 1. The topological polar surface area (TPSA) is 44.4 Å². The van der Waals surface area contributed by atoms with Crippen LogP contribution in [0.25, 0.3) is 0 Å². The van der Waals surface area contributed by atoms with Crippen LogP contribution in [0.2, 0.25) is 0 Å². The molecule has 1 atom stereocenters. The van der Waals surface area contributed by atoms with Crippen molar-refractivity contribution in [2.45, 2.75) is 75.4 Å². The summed E-state index contributed by atoms with van der Waals surface area (Å²) in [6, 6.07) is -1.19. The number of nitrogens with zero attached hydrogens (tertiary/aromatic N) is 1. The van der Waals surface area contributed by atoms with E-state index in [0.717, 1.165) is 24.8 Å². The van der Waals surface area contributed by atoms with Gasteiger partial charge in [0.1, 0.15) is 12.1 Å². The molecule has 0 aromatic rings. The highest BCUT2D eigenvalue weighted by atomic mass is 31.1. The molecule has 2 amide bonds. The lowest BCUT2D eigenvalue weighted by Crippen LogP contribution is -2.53. The molecule has 156 valence electrons. The second kappa shape index (κ2) is 6.61. The third kappa shape index (κ3) is 3.31. The van der Waals surface area contributed by atoms with Gasteiger partial charge in [-0.3, -0.25) is 5.32 Å². The highest BCUT2D eigenvalue weighted by Gasteiger charge is 2.71. The number of hydrogen-bond donors (Lipinski definition) is 2. The third-order valence-electron chi connectivity index (χ3n) is 6.93. The molecule has 1 spiro atoms. The molecule has 0 bridgehead atoms. The fourth-order valence-electron chi connectivity index (χ4n) is 4.54. The first-order valence-corrected chi connectivity index (χ1v) is 11.4. The first-order valence-electron chi connectivity index (χ1n) is 9.95. The number of carbonyl (C=O) groups excluding carboxylic acids is 1. The largest absolute Gasteiger partial charge is 0.430 e. The molecule has 4 nitrogen and oxygen atoms in total. The Morgan fingerprint density at radius 2 is 1.82 bits per heavy atom. The minimum atomic E-state index is -2.89. The molecular formula is C19H27F4N3OP+. The van der Waals surface area contributed by atoms with Crippen molar-refractivity contribution in [2.75, 3.05) is 7.05 Å². The van der Waals surface area contributed by atoms with Gasteiger partial charge < -0.3 is 5.32 Å². The summed E-state index contributed by atoms with van der Waals surface area (Å²) in [5, 5.41) is 5.28. The maximum absolute atomic E-state index is 15.1. The second-order valence-corrected chi connectivity index (χ2v) is 10.8. The second-order valence-electron chi connectivity index (χ2n) is 8.81. The number of urea groups is 1. The van der Waals surface area contributed by atoms with Crippen molar-refractivity contribution in [3.63, 3.8) is 0 Å². The molecule has 9 heteroatoms. The Morgan fingerprint density at radius 3 is 2.32 bits per heavy atom. The number of nitrogens with one attached hydrogen (secondary N) is 2. The van der Waals surface area contributed by atoms with Crippen LogP contribution in [0.15, 0.2) is 11.4 Å². The van der Waals surface area contributed by atoms with Crippen molar-refractivity contribution in [1.29, 1.82) is 0 Å². The van der Waals surface area contributed by atoms with Crippen molar-refractivity contribution >= 4 is 20.0 Å². The summed E-state index contributed by atoms with van der Waals surface area (Å²) < 4.78 is 57.7. The lowest BCUT2D eigenvalue weighted by molar-refractivity contribution is -0.0896. The molecule has 4 rings (SSSR count). The van der Waals surface area contributed by atoms with E-state index in [9.17, 15) is 13.6 Å². The van der Waals surface area contributed by atoms with E-state index < -0.39 is 36.8 Å². The molecule has 0 radical (unpaired) electrons. The number of amides is 2. The molecule has 4 aliphatic rings. The van der Waals surface area contributed by atoms with E-state index in [0.29, 0.717) is 31.5 Å². The number of hydrogen-bond acceptors (Lipinski definition) is 2. The van der Waals surface area contributed by atoms with Gasteiger partial charge in [0.25, 0.3) is 13.6 Å². The lowest BCUT2D eigenvalue weighted by Gasteiger charge is -2.37. The van der Waals surface area contributed by atoms with Crippen LogP contribution in [0.4, 0.5) is 22.4 Å². The summed E-state index contributed by atoms with van der Waals surface area (Å²) in [6.07, 6.45) is 8.11. The molecule has 1 heterocycles. The molecule has 3 fully saturated rings. The molecular weight excluding hydrogens is 393 g/mol. The number of allylic oxidation sites excluding steroid dienone is 1. The molecule has 3 saturated carbocycles. The van der Waals surface area contributed by atoms with Crippen LogP contribution in [0.5, 0.6) is 0 Å². The number of alkyl halides is 4. The predicted molar refractivity (Wildman–Crippen MR) is 102 cm³/mol. The van der Waals surface area contributed by atoms with Crippen molar-refractivity contribution in [2.24, 2.45) is 11.3 Å². The highest BCUT2D eigenvalue weighted by Crippen LogP contribution is 2.70. The third-order valence-corrected chi connectivity index (χ3v) is 8.98. The first kappa shape index (κ1) is 20.0.